The Morgan fingerprint density at radius 1 is 1.05 bits per heavy atom. The Balaban J connectivity index is 3.52. The van der Waals surface area contributed by atoms with Gasteiger partial charge >= 0.3 is 11.9 Å². The Kier molecular flexibility index (Phi) is 13.3. The Morgan fingerprint density at radius 2 is 1.59 bits per heavy atom. The molecule has 126 valence electrons. The largest absolute Gasteiger partial charge is 0.481 e. The van der Waals surface area contributed by atoms with Crippen LogP contribution in [0.15, 0.2) is 25.0 Å². The zero-order valence-corrected chi connectivity index (χ0v) is 13.8. The van der Waals surface area contributed by atoms with E-state index in [9.17, 15) is 9.59 Å². The second kappa shape index (κ2) is 14.4. The number of carboxylic acids is 1. The number of hydrogen-bond acceptors (Lipinski definition) is 3. The van der Waals surface area contributed by atoms with Crippen LogP contribution < -0.4 is 0 Å². The fraction of sp³-hybridized carbons (Fsp3) is 0.667. The molecule has 0 aliphatic rings. The van der Waals surface area contributed by atoms with Gasteiger partial charge in [-0.15, -0.1) is 6.58 Å². The number of hydrogen-bond donors (Lipinski definition) is 1. The Morgan fingerprint density at radius 3 is 2.09 bits per heavy atom. The van der Waals surface area contributed by atoms with Crippen LogP contribution >= 0.6 is 0 Å². The van der Waals surface area contributed by atoms with Gasteiger partial charge in [0.05, 0.1) is 12.2 Å². The first-order chi connectivity index (χ1) is 10.6. The maximum Gasteiger partial charge on any atom is 0.314 e. The Hall–Kier alpha value is -1.58. The van der Waals surface area contributed by atoms with Crippen molar-refractivity contribution in [2.75, 3.05) is 0 Å². The Bertz CT molecular complexity index is 347. The van der Waals surface area contributed by atoms with E-state index in [1.165, 1.54) is 50.7 Å². The van der Waals surface area contributed by atoms with Crippen LogP contribution in [0.3, 0.4) is 0 Å². The zero-order chi connectivity index (χ0) is 16.6. The molecule has 0 aromatic heterocycles. The van der Waals surface area contributed by atoms with E-state index in [4.69, 9.17) is 9.84 Å². The SMILES string of the molecule is C=CC(C=COC(=O)CCCCCCCCCCC)C(=O)O. The third-order valence-electron chi connectivity index (χ3n) is 3.51. The van der Waals surface area contributed by atoms with E-state index >= 15 is 0 Å². The van der Waals surface area contributed by atoms with Crippen molar-refractivity contribution >= 4 is 11.9 Å². The van der Waals surface area contributed by atoms with E-state index in [-0.39, 0.29) is 5.97 Å². The molecule has 0 spiro atoms. The molecule has 1 unspecified atom stereocenters. The first-order valence-electron chi connectivity index (χ1n) is 8.33. The van der Waals surface area contributed by atoms with Crippen molar-refractivity contribution in [2.45, 2.75) is 71.1 Å². The van der Waals surface area contributed by atoms with E-state index in [0.29, 0.717) is 6.42 Å². The van der Waals surface area contributed by atoms with Gasteiger partial charge in [0.25, 0.3) is 0 Å². The van der Waals surface area contributed by atoms with Crippen molar-refractivity contribution in [1.29, 1.82) is 0 Å². The molecule has 0 radical (unpaired) electrons. The molecule has 1 N–H and O–H groups in total. The van der Waals surface area contributed by atoms with Crippen LogP contribution in [0.1, 0.15) is 71.1 Å². The second-order valence-electron chi connectivity index (χ2n) is 5.50. The van der Waals surface area contributed by atoms with Crippen LogP contribution in [0, 0.1) is 5.92 Å². The maximum atomic E-state index is 11.4. The monoisotopic (exact) mass is 310 g/mol. The van der Waals surface area contributed by atoms with Crippen LogP contribution in [0.25, 0.3) is 0 Å². The highest BCUT2D eigenvalue weighted by atomic mass is 16.5. The van der Waals surface area contributed by atoms with Gasteiger partial charge in [0.15, 0.2) is 0 Å². The number of esters is 1. The molecule has 0 heterocycles. The molecule has 4 nitrogen and oxygen atoms in total. The average molecular weight is 310 g/mol. The molecule has 0 saturated heterocycles. The fourth-order valence-electron chi connectivity index (χ4n) is 2.10. The lowest BCUT2D eigenvalue weighted by Crippen LogP contribution is -2.08. The van der Waals surface area contributed by atoms with Crippen molar-refractivity contribution < 1.29 is 19.4 Å². The van der Waals surface area contributed by atoms with Gasteiger partial charge in [-0.25, -0.2) is 0 Å². The fourth-order valence-corrected chi connectivity index (χ4v) is 2.10. The molecule has 0 bridgehead atoms. The maximum absolute atomic E-state index is 11.4. The summed E-state index contributed by atoms with van der Waals surface area (Å²) < 4.78 is 4.87. The third-order valence-corrected chi connectivity index (χ3v) is 3.51. The minimum Gasteiger partial charge on any atom is -0.481 e. The molecular formula is C18H30O4. The predicted octanol–water partition coefficient (Wildman–Crippen LogP) is 4.85. The molecule has 0 fully saturated rings. The molecular weight excluding hydrogens is 280 g/mol. The lowest BCUT2D eigenvalue weighted by atomic mass is 10.1. The van der Waals surface area contributed by atoms with Crippen molar-refractivity contribution in [2.24, 2.45) is 5.92 Å². The van der Waals surface area contributed by atoms with Crippen LogP contribution in [0.5, 0.6) is 0 Å². The van der Waals surface area contributed by atoms with Crippen molar-refractivity contribution in [3.8, 4) is 0 Å². The minimum atomic E-state index is -1.01. The first-order valence-corrected chi connectivity index (χ1v) is 8.33. The summed E-state index contributed by atoms with van der Waals surface area (Å²) in [6.45, 7) is 5.62. The van der Waals surface area contributed by atoms with Gasteiger partial charge in [0, 0.05) is 6.42 Å². The van der Waals surface area contributed by atoms with E-state index in [1.807, 2.05) is 0 Å². The van der Waals surface area contributed by atoms with Gasteiger partial charge in [-0.2, -0.15) is 0 Å². The standard InChI is InChI=1S/C18H30O4/c1-3-5-6-7-8-9-10-11-12-13-17(19)22-15-14-16(4-2)18(20)21/h4,14-16H,2-3,5-13H2,1H3,(H,20,21). The summed E-state index contributed by atoms with van der Waals surface area (Å²) in [5.41, 5.74) is 0. The van der Waals surface area contributed by atoms with E-state index in [1.54, 1.807) is 0 Å². The highest BCUT2D eigenvalue weighted by Crippen LogP contribution is 2.11. The summed E-state index contributed by atoms with van der Waals surface area (Å²) >= 11 is 0. The summed E-state index contributed by atoms with van der Waals surface area (Å²) in [6, 6.07) is 0. The molecule has 0 aliphatic heterocycles. The van der Waals surface area contributed by atoms with Gasteiger partial charge in [0.2, 0.25) is 0 Å². The molecule has 0 saturated carbocycles. The van der Waals surface area contributed by atoms with Crippen LogP contribution in [0.4, 0.5) is 0 Å². The molecule has 1 atom stereocenters. The normalized spacial score (nSPS) is 12.2. The van der Waals surface area contributed by atoms with Crippen LogP contribution in [-0.4, -0.2) is 17.0 Å². The van der Waals surface area contributed by atoms with Crippen LogP contribution in [0.2, 0.25) is 0 Å². The molecule has 0 rings (SSSR count). The number of aliphatic carboxylic acids is 1. The topological polar surface area (TPSA) is 63.6 Å². The highest BCUT2D eigenvalue weighted by molar-refractivity contribution is 5.74. The summed E-state index contributed by atoms with van der Waals surface area (Å²) in [5, 5.41) is 8.77. The van der Waals surface area contributed by atoms with Gasteiger partial charge < -0.3 is 9.84 Å². The number of unbranched alkanes of at least 4 members (excludes halogenated alkanes) is 8. The van der Waals surface area contributed by atoms with E-state index in [0.717, 1.165) is 25.5 Å². The van der Waals surface area contributed by atoms with E-state index in [2.05, 4.69) is 13.5 Å². The molecule has 0 aliphatic carbocycles. The van der Waals surface area contributed by atoms with Gasteiger partial charge in [-0.05, 0) is 12.5 Å². The molecule has 0 aromatic carbocycles. The van der Waals surface area contributed by atoms with Crippen molar-refractivity contribution in [3.05, 3.63) is 25.0 Å². The summed E-state index contributed by atoms with van der Waals surface area (Å²) in [6.07, 6.45) is 14.9. The second-order valence-corrected chi connectivity index (χ2v) is 5.50. The lowest BCUT2D eigenvalue weighted by Gasteiger charge is -2.02. The first kappa shape index (κ1) is 20.4. The summed E-state index contributed by atoms with van der Waals surface area (Å²) in [7, 11) is 0. The van der Waals surface area contributed by atoms with Gasteiger partial charge in [0.1, 0.15) is 0 Å². The highest BCUT2D eigenvalue weighted by Gasteiger charge is 2.08. The number of carbonyl (C=O) groups is 2. The molecule has 22 heavy (non-hydrogen) atoms. The quantitative estimate of drug-likeness (QED) is 0.215. The molecule has 0 amide bonds. The number of ether oxygens (including phenoxy) is 1. The summed E-state index contributed by atoms with van der Waals surface area (Å²) in [4.78, 5) is 22.1. The number of rotatable bonds is 14. The average Bonchev–Trinajstić information content (AvgIpc) is 2.49. The van der Waals surface area contributed by atoms with E-state index < -0.39 is 11.9 Å². The van der Waals surface area contributed by atoms with Crippen molar-refractivity contribution in [3.63, 3.8) is 0 Å². The smallest absolute Gasteiger partial charge is 0.314 e. The van der Waals surface area contributed by atoms with Gasteiger partial charge in [-0.3, -0.25) is 9.59 Å². The molecule has 4 heteroatoms. The minimum absolute atomic E-state index is 0.313. The Labute approximate surface area is 134 Å². The van der Waals surface area contributed by atoms with Gasteiger partial charge in [-0.1, -0.05) is 64.4 Å². The number of carboxylic acid groups (broad SMARTS) is 1. The number of carbonyl (C=O) groups excluding carboxylic acids is 1. The summed E-state index contributed by atoms with van der Waals surface area (Å²) in [5.74, 6) is -2.14. The van der Waals surface area contributed by atoms with Crippen LogP contribution in [-0.2, 0) is 14.3 Å². The third kappa shape index (κ3) is 12.2. The zero-order valence-electron chi connectivity index (χ0n) is 13.8. The lowest BCUT2D eigenvalue weighted by molar-refractivity contribution is -0.140. The van der Waals surface area contributed by atoms with Crippen molar-refractivity contribution in [1.82, 2.24) is 0 Å². The molecule has 0 aromatic rings. The predicted molar refractivity (Wildman–Crippen MR) is 88.4 cm³/mol.